The first-order valence-electron chi connectivity index (χ1n) is 14.9. The lowest BCUT2D eigenvalue weighted by Gasteiger charge is -2.50. The smallest absolute Gasteiger partial charge is 0.352 e. The van der Waals surface area contributed by atoms with E-state index < -0.39 is 53.7 Å². The van der Waals surface area contributed by atoms with E-state index in [1.54, 1.807) is 23.6 Å². The Balaban J connectivity index is 1.58. The Bertz CT molecular complexity index is 1860. The van der Waals surface area contributed by atoms with Crippen LogP contribution in [0.5, 0.6) is 0 Å². The summed E-state index contributed by atoms with van der Waals surface area (Å²) in [7, 11) is 0. The quantitative estimate of drug-likeness (QED) is 0.275. The van der Waals surface area contributed by atoms with Gasteiger partial charge in [0.2, 0.25) is 5.91 Å². The molecule has 3 aliphatic heterocycles. The van der Waals surface area contributed by atoms with Crippen LogP contribution in [0.3, 0.4) is 0 Å². The summed E-state index contributed by atoms with van der Waals surface area (Å²) in [5.74, 6) is -0.167. The normalized spacial score (nSPS) is 21.2. The lowest BCUT2D eigenvalue weighted by atomic mass is 9.81. The van der Waals surface area contributed by atoms with E-state index in [0.29, 0.717) is 0 Å². The van der Waals surface area contributed by atoms with E-state index in [-0.39, 0.29) is 82.1 Å². The molecule has 10 nitrogen and oxygen atoms in total. The molecule has 2 fully saturated rings. The number of nitrogens with one attached hydrogen (secondary N) is 1. The Morgan fingerprint density at radius 1 is 1.15 bits per heavy atom. The number of aromatic nitrogens is 2. The van der Waals surface area contributed by atoms with Gasteiger partial charge in [-0.25, -0.2) is 9.59 Å². The number of carbonyl (C=O) groups is 2. The molecule has 3 N–H and O–H groups in total. The van der Waals surface area contributed by atoms with Crippen molar-refractivity contribution in [3.05, 3.63) is 46.2 Å². The van der Waals surface area contributed by atoms with Gasteiger partial charge in [0.1, 0.15) is 5.82 Å². The number of alkyl halides is 6. The molecular weight excluding hydrogens is 684 g/mol. The van der Waals surface area contributed by atoms with E-state index in [4.69, 9.17) is 5.73 Å². The van der Waals surface area contributed by atoms with Crippen molar-refractivity contribution in [2.75, 3.05) is 48.7 Å². The van der Waals surface area contributed by atoms with Crippen molar-refractivity contribution in [2.24, 2.45) is 11.1 Å². The van der Waals surface area contributed by atoms with Gasteiger partial charge in [0.15, 0.2) is 0 Å². The second kappa shape index (κ2) is 12.0. The van der Waals surface area contributed by atoms with Crippen LogP contribution in [0, 0.1) is 5.41 Å². The molecule has 0 unspecified atom stereocenters. The van der Waals surface area contributed by atoms with Crippen LogP contribution in [0.25, 0.3) is 21.3 Å². The van der Waals surface area contributed by atoms with Gasteiger partial charge in [0.25, 0.3) is 0 Å². The summed E-state index contributed by atoms with van der Waals surface area (Å²) in [6.45, 7) is 6.18. The summed E-state index contributed by atoms with van der Waals surface area (Å²) < 4.78 is 86.2. The number of amides is 3. The molecule has 3 amide bonds. The zero-order chi connectivity index (χ0) is 34.9. The third-order valence-corrected chi connectivity index (χ3v) is 11.2. The zero-order valence-corrected chi connectivity index (χ0v) is 27.4. The number of benzene rings is 1. The number of rotatable bonds is 5. The predicted octanol–water partition coefficient (Wildman–Crippen LogP) is 5.22. The van der Waals surface area contributed by atoms with Crippen molar-refractivity contribution >= 4 is 57.4 Å². The molecule has 0 bridgehead atoms. The maximum absolute atomic E-state index is 15.1. The zero-order valence-electron chi connectivity index (χ0n) is 25.7. The number of nitrogens with two attached hydrogens (primary N) is 1. The summed E-state index contributed by atoms with van der Waals surface area (Å²) in [5.41, 5.74) is 2.63. The fraction of sp³-hybridized carbons (Fsp3) is 0.467. The van der Waals surface area contributed by atoms with Gasteiger partial charge >= 0.3 is 24.1 Å². The third-order valence-electron chi connectivity index (χ3n) is 8.84. The Morgan fingerprint density at radius 2 is 1.81 bits per heavy atom. The minimum atomic E-state index is -4.91. The van der Waals surface area contributed by atoms with Gasteiger partial charge in [0, 0.05) is 71.8 Å². The number of primary amides is 1. The SMILES string of the molecule is C=CC(=O)N1[C@H](C)CN(c2nc(=O)n3c4c(c(-c5sccc5NC(N)=O)c(C(F)(F)F)cc24)SCC2(CN(CC(F)(F)F)C2)C3)C[C@@H]1C. The van der Waals surface area contributed by atoms with Crippen molar-refractivity contribution in [1.29, 1.82) is 0 Å². The number of carbonyl (C=O) groups excluding carboxylic acids is 2. The van der Waals surface area contributed by atoms with Crippen molar-refractivity contribution in [3.8, 4) is 10.4 Å². The maximum Gasteiger partial charge on any atom is 0.417 e. The molecule has 0 saturated carbocycles. The van der Waals surface area contributed by atoms with E-state index in [1.807, 2.05) is 0 Å². The number of halogens is 6. The summed E-state index contributed by atoms with van der Waals surface area (Å²) in [4.78, 5) is 47.3. The number of thioether (sulfide) groups is 1. The summed E-state index contributed by atoms with van der Waals surface area (Å²) >= 11 is 1.99. The molecule has 1 aromatic carbocycles. The lowest BCUT2D eigenvalue weighted by molar-refractivity contribution is -0.168. The minimum absolute atomic E-state index is 0.0134. The van der Waals surface area contributed by atoms with Gasteiger partial charge in [-0.15, -0.1) is 23.1 Å². The van der Waals surface area contributed by atoms with Crippen LogP contribution < -0.4 is 21.6 Å². The molecule has 2 aromatic heterocycles. The second-order valence-electron chi connectivity index (χ2n) is 12.6. The number of hydrogen-bond donors (Lipinski definition) is 2. The van der Waals surface area contributed by atoms with Crippen molar-refractivity contribution in [2.45, 2.75) is 49.7 Å². The predicted molar refractivity (Wildman–Crippen MR) is 171 cm³/mol. The monoisotopic (exact) mass is 715 g/mol. The van der Waals surface area contributed by atoms with E-state index in [9.17, 15) is 27.6 Å². The number of nitrogens with zero attached hydrogens (tertiary/aromatic N) is 5. The molecule has 3 aromatic rings. The van der Waals surface area contributed by atoms with Crippen LogP contribution in [0.4, 0.5) is 42.6 Å². The number of urea groups is 1. The highest BCUT2D eigenvalue weighted by Gasteiger charge is 2.49. The molecule has 1 spiro atoms. The second-order valence-corrected chi connectivity index (χ2v) is 14.5. The van der Waals surface area contributed by atoms with Crippen molar-refractivity contribution < 1.29 is 35.9 Å². The van der Waals surface area contributed by atoms with Gasteiger partial charge in [-0.05, 0) is 37.4 Å². The Hall–Kier alpha value is -3.77. The topological polar surface area (TPSA) is 117 Å². The van der Waals surface area contributed by atoms with Crippen LogP contribution >= 0.6 is 23.1 Å². The maximum atomic E-state index is 15.1. The van der Waals surface area contributed by atoms with Crippen LogP contribution in [-0.2, 0) is 17.5 Å². The number of piperazine rings is 1. The Morgan fingerprint density at radius 3 is 2.40 bits per heavy atom. The molecular formula is C30H31F6N7O3S2. The molecule has 0 radical (unpaired) electrons. The van der Waals surface area contributed by atoms with Crippen molar-refractivity contribution in [3.63, 3.8) is 0 Å². The fourth-order valence-corrected chi connectivity index (χ4v) is 9.62. The molecule has 2 atom stereocenters. The van der Waals surface area contributed by atoms with E-state index in [0.717, 1.165) is 29.2 Å². The van der Waals surface area contributed by atoms with Gasteiger partial charge in [0.05, 0.1) is 28.2 Å². The van der Waals surface area contributed by atoms with Gasteiger partial charge in [-0.3, -0.25) is 14.3 Å². The van der Waals surface area contributed by atoms with Crippen LogP contribution in [0.1, 0.15) is 19.4 Å². The van der Waals surface area contributed by atoms with Crippen LogP contribution in [-0.4, -0.2) is 88.0 Å². The van der Waals surface area contributed by atoms with E-state index in [1.165, 1.54) is 27.0 Å². The van der Waals surface area contributed by atoms with Gasteiger partial charge in [-0.2, -0.15) is 31.3 Å². The molecule has 3 aliphatic rings. The standard InChI is InChI=1S/C30H31F6N7O3S2/c1-4-20(44)43-15(2)8-41(9-16(43)3)25-17-7-18(30(34,35)36)21(23-19(5-6-47-23)38-26(37)45)24-22(17)42(27(46)39-25)12-28(14-48-24)10-40(11-28)13-29(31,32)33/h4-7,15-16H,1,8-14H2,2-3H3,(H3,37,38,45)/t15-,16+. The third kappa shape index (κ3) is 6.13. The highest BCUT2D eigenvalue weighted by Crippen LogP contribution is 2.53. The average molecular weight is 716 g/mol. The molecule has 2 saturated heterocycles. The number of anilines is 2. The molecule has 258 valence electrons. The summed E-state index contributed by atoms with van der Waals surface area (Å²) in [5, 5.41) is 3.92. The Kier molecular flexibility index (Phi) is 8.51. The van der Waals surface area contributed by atoms with Crippen LogP contribution in [0.2, 0.25) is 0 Å². The summed E-state index contributed by atoms with van der Waals surface area (Å²) in [6, 6.07) is 0.573. The largest absolute Gasteiger partial charge is 0.417 e. The lowest BCUT2D eigenvalue weighted by Crippen LogP contribution is -2.61. The molecule has 0 aliphatic carbocycles. The van der Waals surface area contributed by atoms with Gasteiger partial charge < -0.3 is 20.9 Å². The van der Waals surface area contributed by atoms with E-state index in [2.05, 4.69) is 16.9 Å². The first kappa shape index (κ1) is 34.1. The van der Waals surface area contributed by atoms with E-state index >= 15 is 13.2 Å². The number of thiophene rings is 1. The minimum Gasteiger partial charge on any atom is -0.352 e. The number of likely N-dealkylation sites (tertiary alicyclic amines) is 1. The molecule has 48 heavy (non-hydrogen) atoms. The van der Waals surface area contributed by atoms with Crippen molar-refractivity contribution in [1.82, 2.24) is 19.4 Å². The molecule has 18 heteroatoms. The fourth-order valence-electron chi connectivity index (χ4n) is 7.21. The average Bonchev–Trinajstić information content (AvgIpc) is 3.31. The summed E-state index contributed by atoms with van der Waals surface area (Å²) in [6.07, 6.45) is -8.17. The highest BCUT2D eigenvalue weighted by molar-refractivity contribution is 7.99. The Labute approximate surface area is 278 Å². The molecule has 5 heterocycles. The number of hydrogen-bond acceptors (Lipinski definition) is 8. The van der Waals surface area contributed by atoms with Crippen LogP contribution in [0.15, 0.2) is 39.9 Å². The van der Waals surface area contributed by atoms with Gasteiger partial charge in [-0.1, -0.05) is 6.58 Å². The molecule has 6 rings (SSSR count). The first-order chi connectivity index (χ1) is 22.4. The highest BCUT2D eigenvalue weighted by atomic mass is 32.2. The first-order valence-corrected chi connectivity index (χ1v) is 16.7.